The van der Waals surface area contributed by atoms with Gasteiger partial charge >= 0.3 is 6.18 Å². The van der Waals surface area contributed by atoms with Gasteiger partial charge in [0.2, 0.25) is 5.91 Å². The van der Waals surface area contributed by atoms with Crippen LogP contribution in [-0.4, -0.2) is 30.1 Å². The molecule has 0 bridgehead atoms. The zero-order valence-corrected chi connectivity index (χ0v) is 13.9. The Labute approximate surface area is 150 Å². The number of nitro benzene ring substituents is 1. The fraction of sp³-hybridized carbons (Fsp3) is 0.267. The van der Waals surface area contributed by atoms with Gasteiger partial charge in [-0.25, -0.2) is 0 Å². The van der Waals surface area contributed by atoms with Crippen LogP contribution in [0.15, 0.2) is 34.7 Å². The van der Waals surface area contributed by atoms with Crippen molar-refractivity contribution in [2.24, 2.45) is 0 Å². The van der Waals surface area contributed by atoms with Gasteiger partial charge in [-0.05, 0) is 18.2 Å². The van der Waals surface area contributed by atoms with Gasteiger partial charge < -0.3 is 15.1 Å². The minimum absolute atomic E-state index is 0.101. The molecule has 2 aromatic rings. The van der Waals surface area contributed by atoms with E-state index in [1.54, 1.807) is 17.4 Å². The molecule has 1 aromatic heterocycles. The van der Waals surface area contributed by atoms with E-state index in [2.05, 4.69) is 5.32 Å². The third-order valence-electron chi connectivity index (χ3n) is 3.16. The van der Waals surface area contributed by atoms with Crippen molar-refractivity contribution < 1.29 is 27.3 Å². The van der Waals surface area contributed by atoms with Crippen molar-refractivity contribution in [1.82, 2.24) is 10.6 Å². The average Bonchev–Trinajstić information content (AvgIpc) is 3.00. The highest BCUT2D eigenvalue weighted by Gasteiger charge is 2.27. The van der Waals surface area contributed by atoms with E-state index in [0.29, 0.717) is 17.1 Å². The van der Waals surface area contributed by atoms with Crippen LogP contribution in [0.5, 0.6) is 0 Å². The summed E-state index contributed by atoms with van der Waals surface area (Å²) >= 11 is 6.01. The minimum Gasteiger partial charge on any atom is -0.460 e. The van der Waals surface area contributed by atoms with Gasteiger partial charge in [0, 0.05) is 17.7 Å². The Bertz CT molecular complexity index is 808. The highest BCUT2D eigenvalue weighted by molar-refractivity contribution is 6.33. The number of halogens is 4. The summed E-state index contributed by atoms with van der Waals surface area (Å²) in [6, 6.07) is 7.11. The summed E-state index contributed by atoms with van der Waals surface area (Å²) in [7, 11) is 0. The molecule has 2 N–H and O–H groups in total. The first kappa shape index (κ1) is 19.7. The van der Waals surface area contributed by atoms with Crippen LogP contribution in [0, 0.1) is 10.1 Å². The van der Waals surface area contributed by atoms with Crippen LogP contribution in [0.4, 0.5) is 18.9 Å². The average molecular weight is 392 g/mol. The van der Waals surface area contributed by atoms with Gasteiger partial charge in [-0.2, -0.15) is 13.2 Å². The van der Waals surface area contributed by atoms with E-state index in [4.69, 9.17) is 16.0 Å². The quantitative estimate of drug-likeness (QED) is 0.557. The molecule has 1 amide bonds. The van der Waals surface area contributed by atoms with Crippen molar-refractivity contribution >= 4 is 23.2 Å². The minimum atomic E-state index is -4.46. The summed E-state index contributed by atoms with van der Waals surface area (Å²) < 4.78 is 41.4. The molecule has 0 aliphatic rings. The number of furan rings is 1. The standard InChI is InChI=1S/C15H13ClF3N3O4/c16-12-5-9(22(24)25)1-3-11(12)13-4-2-10(26-13)6-20-7-14(23)21-8-15(17,18)19/h1-5,20H,6-8H2,(H,21,23). The second-order valence-corrected chi connectivity index (χ2v) is 5.59. The summed E-state index contributed by atoms with van der Waals surface area (Å²) in [5.74, 6) is -0.0196. The SMILES string of the molecule is O=C(CNCc1ccc(-c2ccc([N+](=O)[O-])cc2Cl)o1)NCC(F)(F)F. The van der Waals surface area contributed by atoms with Crippen molar-refractivity contribution in [3.05, 3.63) is 51.2 Å². The maximum Gasteiger partial charge on any atom is 0.405 e. The van der Waals surface area contributed by atoms with E-state index in [9.17, 15) is 28.1 Å². The number of rotatable bonds is 7. The van der Waals surface area contributed by atoms with E-state index >= 15 is 0 Å². The molecular weight excluding hydrogens is 379 g/mol. The maximum atomic E-state index is 12.0. The van der Waals surface area contributed by atoms with Gasteiger partial charge in [0.15, 0.2) is 0 Å². The van der Waals surface area contributed by atoms with Crippen LogP contribution in [-0.2, 0) is 11.3 Å². The molecule has 1 aromatic carbocycles. The second kappa shape index (κ2) is 8.19. The monoisotopic (exact) mass is 391 g/mol. The van der Waals surface area contributed by atoms with Crippen LogP contribution >= 0.6 is 11.6 Å². The molecule has 140 valence electrons. The Kier molecular flexibility index (Phi) is 6.22. The number of alkyl halides is 3. The summed E-state index contributed by atoms with van der Waals surface area (Å²) in [6.07, 6.45) is -4.46. The third kappa shape index (κ3) is 5.74. The summed E-state index contributed by atoms with van der Waals surface area (Å²) in [5.41, 5.74) is 0.295. The molecule has 0 aliphatic carbocycles. The van der Waals surface area contributed by atoms with Gasteiger partial charge in [0.1, 0.15) is 18.1 Å². The zero-order valence-electron chi connectivity index (χ0n) is 13.1. The highest BCUT2D eigenvalue weighted by Crippen LogP contribution is 2.32. The van der Waals surface area contributed by atoms with E-state index < -0.39 is 23.6 Å². The lowest BCUT2D eigenvalue weighted by atomic mass is 10.1. The zero-order chi connectivity index (χ0) is 19.3. The van der Waals surface area contributed by atoms with Crippen molar-refractivity contribution in [2.75, 3.05) is 13.1 Å². The predicted octanol–water partition coefficient (Wildman–Crippen LogP) is 3.28. The molecule has 26 heavy (non-hydrogen) atoms. The van der Waals surface area contributed by atoms with Crippen LogP contribution in [0.3, 0.4) is 0 Å². The molecule has 0 spiro atoms. The number of nitrogens with zero attached hydrogens (tertiary/aromatic N) is 1. The van der Waals surface area contributed by atoms with Gasteiger partial charge in [0.05, 0.1) is 23.0 Å². The molecule has 1 heterocycles. The number of hydrogen-bond acceptors (Lipinski definition) is 5. The number of nitro groups is 1. The number of nitrogens with one attached hydrogen (secondary N) is 2. The fourth-order valence-corrected chi connectivity index (χ4v) is 2.26. The fourth-order valence-electron chi connectivity index (χ4n) is 2.00. The maximum absolute atomic E-state index is 12.0. The smallest absolute Gasteiger partial charge is 0.405 e. The summed E-state index contributed by atoms with van der Waals surface area (Å²) in [4.78, 5) is 21.4. The van der Waals surface area contributed by atoms with E-state index in [-0.39, 0.29) is 23.8 Å². The largest absolute Gasteiger partial charge is 0.460 e. The Morgan fingerprint density at radius 3 is 2.62 bits per heavy atom. The molecule has 0 radical (unpaired) electrons. The van der Waals surface area contributed by atoms with Gasteiger partial charge in [-0.15, -0.1) is 0 Å². The van der Waals surface area contributed by atoms with E-state index in [1.165, 1.54) is 18.2 Å². The molecule has 7 nitrogen and oxygen atoms in total. The first-order chi connectivity index (χ1) is 12.2. The summed E-state index contributed by atoms with van der Waals surface area (Å²) in [6.45, 7) is -1.61. The Morgan fingerprint density at radius 2 is 2.00 bits per heavy atom. The molecule has 0 aliphatic heterocycles. The van der Waals surface area contributed by atoms with Crippen molar-refractivity contribution in [3.8, 4) is 11.3 Å². The van der Waals surface area contributed by atoms with Crippen LogP contribution in [0.25, 0.3) is 11.3 Å². The lowest BCUT2D eigenvalue weighted by Crippen LogP contribution is -2.39. The van der Waals surface area contributed by atoms with E-state index in [0.717, 1.165) is 0 Å². The van der Waals surface area contributed by atoms with Gasteiger partial charge in [-0.1, -0.05) is 11.6 Å². The summed E-state index contributed by atoms with van der Waals surface area (Å²) in [5, 5.41) is 15.2. The molecule has 0 saturated heterocycles. The molecule has 0 atom stereocenters. The number of non-ortho nitro benzene ring substituents is 1. The van der Waals surface area contributed by atoms with Crippen LogP contribution < -0.4 is 10.6 Å². The van der Waals surface area contributed by atoms with E-state index in [1.807, 2.05) is 0 Å². The first-order valence-electron chi connectivity index (χ1n) is 7.23. The molecule has 0 unspecified atom stereocenters. The topological polar surface area (TPSA) is 97.4 Å². The molecule has 11 heteroatoms. The number of hydrogen-bond donors (Lipinski definition) is 2. The van der Waals surface area contributed by atoms with Crippen LogP contribution in [0.2, 0.25) is 5.02 Å². The molecule has 0 fully saturated rings. The Hall–Kier alpha value is -2.59. The number of carbonyl (C=O) groups excluding carboxylic acids is 1. The first-order valence-corrected chi connectivity index (χ1v) is 7.61. The number of amides is 1. The normalized spacial score (nSPS) is 11.4. The van der Waals surface area contributed by atoms with Crippen molar-refractivity contribution in [3.63, 3.8) is 0 Å². The van der Waals surface area contributed by atoms with Gasteiger partial charge in [0.25, 0.3) is 5.69 Å². The van der Waals surface area contributed by atoms with Crippen LogP contribution in [0.1, 0.15) is 5.76 Å². The number of carbonyl (C=O) groups is 1. The molecular formula is C15H13ClF3N3O4. The predicted molar refractivity (Wildman–Crippen MR) is 86.6 cm³/mol. The molecule has 2 rings (SSSR count). The lowest BCUT2D eigenvalue weighted by Gasteiger charge is -2.08. The highest BCUT2D eigenvalue weighted by atomic mass is 35.5. The van der Waals surface area contributed by atoms with Gasteiger partial charge in [-0.3, -0.25) is 14.9 Å². The third-order valence-corrected chi connectivity index (χ3v) is 3.47. The lowest BCUT2D eigenvalue weighted by molar-refractivity contribution is -0.384. The second-order valence-electron chi connectivity index (χ2n) is 5.18. The number of benzene rings is 1. The molecule has 0 saturated carbocycles. The van der Waals surface area contributed by atoms with Crippen molar-refractivity contribution in [1.29, 1.82) is 0 Å². The van der Waals surface area contributed by atoms with Crippen molar-refractivity contribution in [2.45, 2.75) is 12.7 Å². The Balaban J connectivity index is 1.90. The Morgan fingerprint density at radius 1 is 1.27 bits per heavy atom.